The molecule has 0 aliphatic carbocycles. The van der Waals surface area contributed by atoms with E-state index in [1.54, 1.807) is 7.05 Å². The Bertz CT molecular complexity index is 813. The van der Waals surface area contributed by atoms with Crippen LogP contribution in [0.4, 0.5) is 0 Å². The first-order valence-corrected chi connectivity index (χ1v) is 10.6. The lowest BCUT2D eigenvalue weighted by Crippen LogP contribution is -2.47. The predicted molar refractivity (Wildman–Crippen MR) is 109 cm³/mol. The van der Waals surface area contributed by atoms with Gasteiger partial charge in [0.1, 0.15) is 5.82 Å². The molecule has 0 bridgehead atoms. The summed E-state index contributed by atoms with van der Waals surface area (Å²) in [5.41, 5.74) is 1.32. The van der Waals surface area contributed by atoms with Crippen LogP contribution in [0.5, 0.6) is 0 Å². The molecule has 4 heterocycles. The zero-order chi connectivity index (χ0) is 19.5. The number of likely N-dealkylation sites (tertiary alicyclic amines) is 2. The summed E-state index contributed by atoms with van der Waals surface area (Å²) >= 11 is 0. The minimum atomic E-state index is 0.0147. The van der Waals surface area contributed by atoms with Crippen LogP contribution >= 0.6 is 0 Å². The summed E-state index contributed by atoms with van der Waals surface area (Å²) in [6.07, 6.45) is 8.51. The Labute approximate surface area is 167 Å². The minimum Gasteiger partial charge on any atom is -0.300 e. The van der Waals surface area contributed by atoms with E-state index in [1.807, 2.05) is 30.0 Å². The van der Waals surface area contributed by atoms with Gasteiger partial charge in [0.2, 0.25) is 0 Å². The molecule has 0 amide bonds. The van der Waals surface area contributed by atoms with Crippen molar-refractivity contribution in [2.24, 2.45) is 7.05 Å². The molecule has 4 rings (SSSR count). The van der Waals surface area contributed by atoms with Crippen molar-refractivity contribution in [1.29, 1.82) is 0 Å². The number of pyridine rings is 1. The molecule has 0 saturated carbocycles. The Morgan fingerprint density at radius 3 is 2.50 bits per heavy atom. The van der Waals surface area contributed by atoms with Gasteiger partial charge in [-0.25, -0.2) is 9.48 Å². The van der Waals surface area contributed by atoms with Gasteiger partial charge in [0.05, 0.1) is 0 Å². The second kappa shape index (κ2) is 8.57. The van der Waals surface area contributed by atoms with E-state index in [4.69, 9.17) is 0 Å². The lowest BCUT2D eigenvalue weighted by Gasteiger charge is -2.41. The fourth-order valence-corrected chi connectivity index (χ4v) is 4.84. The van der Waals surface area contributed by atoms with Gasteiger partial charge in [-0.1, -0.05) is 6.07 Å². The second-order valence-corrected chi connectivity index (χ2v) is 8.19. The molecule has 2 aromatic heterocycles. The van der Waals surface area contributed by atoms with Crippen LogP contribution in [0.25, 0.3) is 0 Å². The normalized spacial score (nSPS) is 20.6. The average Bonchev–Trinajstić information content (AvgIpc) is 3.03. The molecular weight excluding hydrogens is 352 g/mol. The largest absolute Gasteiger partial charge is 0.345 e. The Balaban J connectivity index is 1.28. The molecule has 28 heavy (non-hydrogen) atoms. The van der Waals surface area contributed by atoms with E-state index in [9.17, 15) is 4.79 Å². The molecule has 0 unspecified atom stereocenters. The number of aromatic nitrogens is 4. The summed E-state index contributed by atoms with van der Waals surface area (Å²) in [7, 11) is 1.76. The van der Waals surface area contributed by atoms with Crippen molar-refractivity contribution in [1.82, 2.24) is 29.1 Å². The van der Waals surface area contributed by atoms with Crippen molar-refractivity contribution in [2.45, 2.75) is 57.7 Å². The van der Waals surface area contributed by atoms with E-state index >= 15 is 0 Å². The highest BCUT2D eigenvalue weighted by Gasteiger charge is 2.30. The molecule has 2 aliphatic rings. The van der Waals surface area contributed by atoms with Gasteiger partial charge in [-0.15, -0.1) is 0 Å². The maximum absolute atomic E-state index is 12.2. The van der Waals surface area contributed by atoms with E-state index in [-0.39, 0.29) is 5.69 Å². The molecule has 7 heteroatoms. The molecule has 2 saturated heterocycles. The van der Waals surface area contributed by atoms with Crippen molar-refractivity contribution in [3.63, 3.8) is 0 Å². The average molecular weight is 385 g/mol. The van der Waals surface area contributed by atoms with E-state index < -0.39 is 0 Å². The van der Waals surface area contributed by atoms with E-state index in [2.05, 4.69) is 25.9 Å². The summed E-state index contributed by atoms with van der Waals surface area (Å²) in [6.45, 7) is 8.30. The number of hydrogen-bond donors (Lipinski definition) is 0. The number of hydrogen-bond acceptors (Lipinski definition) is 5. The quantitative estimate of drug-likeness (QED) is 0.787. The molecule has 2 aromatic rings. The van der Waals surface area contributed by atoms with Crippen LogP contribution in [-0.2, 0) is 20.1 Å². The molecule has 7 nitrogen and oxygen atoms in total. The Kier molecular flexibility index (Phi) is 5.92. The van der Waals surface area contributed by atoms with Gasteiger partial charge in [-0.05, 0) is 70.4 Å². The first kappa shape index (κ1) is 19.3. The standard InChI is InChI=1S/C21H32N6O/c1-3-27-20(23-24(2)21(27)28)18-6-13-26(14-7-18)19-8-11-25(12-9-19)16-17-5-4-10-22-15-17/h4-5,10,15,18-19H,3,6-9,11-14,16H2,1-2H3. The highest BCUT2D eigenvalue weighted by atomic mass is 16.2. The Morgan fingerprint density at radius 1 is 1.11 bits per heavy atom. The van der Waals surface area contributed by atoms with Crippen LogP contribution in [0, 0.1) is 0 Å². The number of aryl methyl sites for hydroxylation is 1. The van der Waals surface area contributed by atoms with Crippen molar-refractivity contribution < 1.29 is 0 Å². The van der Waals surface area contributed by atoms with Gasteiger partial charge in [-0.2, -0.15) is 5.10 Å². The summed E-state index contributed by atoms with van der Waals surface area (Å²) in [5.74, 6) is 1.40. The zero-order valence-corrected chi connectivity index (χ0v) is 17.1. The van der Waals surface area contributed by atoms with Crippen LogP contribution in [0.3, 0.4) is 0 Å². The van der Waals surface area contributed by atoms with Crippen LogP contribution in [0.15, 0.2) is 29.3 Å². The van der Waals surface area contributed by atoms with Crippen molar-refractivity contribution >= 4 is 0 Å². The Hall–Kier alpha value is -1.99. The summed E-state index contributed by atoms with van der Waals surface area (Å²) < 4.78 is 3.33. The van der Waals surface area contributed by atoms with E-state index in [0.717, 1.165) is 51.4 Å². The first-order valence-electron chi connectivity index (χ1n) is 10.6. The van der Waals surface area contributed by atoms with Crippen LogP contribution in [-0.4, -0.2) is 61.4 Å². The van der Waals surface area contributed by atoms with Crippen LogP contribution in [0.2, 0.25) is 0 Å². The lowest BCUT2D eigenvalue weighted by atomic mass is 9.92. The fraction of sp³-hybridized carbons (Fsp3) is 0.667. The van der Waals surface area contributed by atoms with Crippen molar-refractivity contribution in [2.75, 3.05) is 26.2 Å². The van der Waals surface area contributed by atoms with Gasteiger partial charge < -0.3 is 4.90 Å². The van der Waals surface area contributed by atoms with Gasteiger partial charge in [-0.3, -0.25) is 14.5 Å². The van der Waals surface area contributed by atoms with Crippen LogP contribution < -0.4 is 5.69 Å². The lowest BCUT2D eigenvalue weighted by molar-refractivity contribution is 0.0833. The maximum atomic E-state index is 12.2. The van der Waals surface area contributed by atoms with Gasteiger partial charge in [0.25, 0.3) is 0 Å². The number of rotatable bonds is 5. The fourth-order valence-electron chi connectivity index (χ4n) is 4.84. The summed E-state index contributed by atoms with van der Waals surface area (Å²) in [6, 6.07) is 4.88. The zero-order valence-electron chi connectivity index (χ0n) is 17.1. The Morgan fingerprint density at radius 2 is 1.86 bits per heavy atom. The predicted octanol–water partition coefficient (Wildman–Crippen LogP) is 1.84. The van der Waals surface area contributed by atoms with Gasteiger partial charge >= 0.3 is 5.69 Å². The van der Waals surface area contributed by atoms with Crippen molar-refractivity contribution in [3.8, 4) is 0 Å². The third-order valence-corrected chi connectivity index (χ3v) is 6.45. The third kappa shape index (κ3) is 4.05. The minimum absolute atomic E-state index is 0.0147. The monoisotopic (exact) mass is 384 g/mol. The smallest absolute Gasteiger partial charge is 0.300 e. The molecule has 2 fully saturated rings. The summed E-state index contributed by atoms with van der Waals surface area (Å²) in [4.78, 5) is 21.6. The van der Waals surface area contributed by atoms with Crippen LogP contribution in [0.1, 0.15) is 49.9 Å². The molecule has 152 valence electrons. The molecule has 0 aromatic carbocycles. The SMILES string of the molecule is CCn1c(C2CCN(C3CCN(Cc4cccnc4)CC3)CC2)nn(C)c1=O. The highest BCUT2D eigenvalue weighted by Crippen LogP contribution is 2.29. The second-order valence-electron chi connectivity index (χ2n) is 8.19. The van der Waals surface area contributed by atoms with Crippen molar-refractivity contribution in [3.05, 3.63) is 46.4 Å². The molecule has 0 spiro atoms. The van der Waals surface area contributed by atoms with Gasteiger partial charge in [0, 0.05) is 44.5 Å². The number of nitrogens with zero attached hydrogens (tertiary/aromatic N) is 6. The topological polar surface area (TPSA) is 59.2 Å². The van der Waals surface area contributed by atoms with Gasteiger partial charge in [0.15, 0.2) is 0 Å². The molecule has 2 aliphatic heterocycles. The van der Waals surface area contributed by atoms with E-state index in [0.29, 0.717) is 18.5 Å². The molecule has 0 radical (unpaired) electrons. The number of piperidine rings is 2. The van der Waals surface area contributed by atoms with E-state index in [1.165, 1.54) is 23.1 Å². The first-order chi connectivity index (χ1) is 13.7. The third-order valence-electron chi connectivity index (χ3n) is 6.45. The molecule has 0 atom stereocenters. The summed E-state index contributed by atoms with van der Waals surface area (Å²) in [5, 5.41) is 4.53. The molecule has 0 N–H and O–H groups in total. The maximum Gasteiger partial charge on any atom is 0.345 e. The highest BCUT2D eigenvalue weighted by molar-refractivity contribution is 5.08. The molecular formula is C21H32N6O.